The van der Waals surface area contributed by atoms with Crippen molar-refractivity contribution in [3.63, 3.8) is 0 Å². The minimum Gasteiger partial charge on any atom is -0.307 e. The lowest BCUT2D eigenvalue weighted by Gasteiger charge is -2.03. The summed E-state index contributed by atoms with van der Waals surface area (Å²) in [5.74, 6) is 0. The predicted octanol–water partition coefficient (Wildman–Crippen LogP) is 2.61. The molecule has 0 spiro atoms. The maximum atomic E-state index is 8.79. The van der Waals surface area contributed by atoms with Crippen LogP contribution in [0, 0.1) is 18.3 Å². The van der Waals surface area contributed by atoms with Gasteiger partial charge in [-0.1, -0.05) is 12.1 Å². The molecule has 0 fully saturated rings. The second-order valence-corrected chi connectivity index (χ2v) is 4.84. The van der Waals surface area contributed by atoms with Gasteiger partial charge in [0.15, 0.2) is 0 Å². The molecule has 0 saturated heterocycles. The molecule has 0 atom stereocenters. The molecular weight excluding hydrogens is 230 g/mol. The van der Waals surface area contributed by atoms with E-state index in [-0.39, 0.29) is 0 Å². The van der Waals surface area contributed by atoms with Crippen LogP contribution in [0.4, 0.5) is 0 Å². The third-order valence-corrected chi connectivity index (χ3v) is 3.18. The fourth-order valence-corrected chi connectivity index (χ4v) is 2.19. The van der Waals surface area contributed by atoms with E-state index in [2.05, 4.69) is 21.8 Å². The van der Waals surface area contributed by atoms with Crippen molar-refractivity contribution < 1.29 is 0 Å². The third kappa shape index (κ3) is 3.38. The van der Waals surface area contributed by atoms with Crippen molar-refractivity contribution >= 4 is 11.3 Å². The van der Waals surface area contributed by atoms with Gasteiger partial charge in [-0.25, -0.2) is 4.98 Å². The van der Waals surface area contributed by atoms with E-state index in [0.717, 1.165) is 29.4 Å². The maximum absolute atomic E-state index is 8.79. The number of hydrogen-bond acceptors (Lipinski definition) is 4. The normalized spacial score (nSPS) is 10.1. The highest BCUT2D eigenvalue weighted by molar-refractivity contribution is 7.09. The lowest BCUT2D eigenvalue weighted by molar-refractivity contribution is 0.681. The first-order chi connectivity index (χ1) is 8.28. The first-order valence-corrected chi connectivity index (χ1v) is 6.26. The summed E-state index contributed by atoms with van der Waals surface area (Å²) in [6.45, 7) is 3.53. The fraction of sp³-hybridized carbons (Fsp3) is 0.231. The van der Waals surface area contributed by atoms with E-state index in [4.69, 9.17) is 5.26 Å². The molecule has 1 aromatic heterocycles. The molecule has 1 aromatic carbocycles. The molecule has 2 rings (SSSR count). The Kier molecular flexibility index (Phi) is 3.86. The first-order valence-electron chi connectivity index (χ1n) is 5.38. The van der Waals surface area contributed by atoms with Gasteiger partial charge >= 0.3 is 0 Å². The van der Waals surface area contributed by atoms with Gasteiger partial charge < -0.3 is 5.32 Å². The van der Waals surface area contributed by atoms with Gasteiger partial charge in [-0.2, -0.15) is 5.26 Å². The van der Waals surface area contributed by atoms with Crippen LogP contribution in [0.2, 0.25) is 0 Å². The Hall–Kier alpha value is -1.70. The Labute approximate surface area is 105 Å². The van der Waals surface area contributed by atoms with Crippen molar-refractivity contribution in [2.24, 2.45) is 0 Å². The van der Waals surface area contributed by atoms with Crippen molar-refractivity contribution in [2.75, 3.05) is 0 Å². The molecule has 86 valence electrons. The topological polar surface area (TPSA) is 48.7 Å². The second kappa shape index (κ2) is 5.58. The number of benzene rings is 1. The van der Waals surface area contributed by atoms with Crippen molar-refractivity contribution in [1.82, 2.24) is 10.3 Å². The van der Waals surface area contributed by atoms with Crippen LogP contribution in [0.1, 0.15) is 21.8 Å². The minimum absolute atomic E-state index is 0.703. The fourth-order valence-electron chi connectivity index (χ4n) is 1.58. The summed E-state index contributed by atoms with van der Waals surface area (Å²) in [6.07, 6.45) is 0. The number of nitrogens with zero attached hydrogens (tertiary/aromatic N) is 2. The molecule has 0 amide bonds. The smallest absolute Gasteiger partial charge is 0.0991 e. The third-order valence-electron chi connectivity index (χ3n) is 2.36. The van der Waals surface area contributed by atoms with Gasteiger partial charge in [-0.05, 0) is 24.6 Å². The van der Waals surface area contributed by atoms with Crippen molar-refractivity contribution in [1.29, 1.82) is 5.26 Å². The minimum atomic E-state index is 0.703. The van der Waals surface area contributed by atoms with Gasteiger partial charge in [0, 0.05) is 18.5 Å². The van der Waals surface area contributed by atoms with Crippen molar-refractivity contribution in [3.8, 4) is 6.07 Å². The SMILES string of the molecule is Cc1nc(CNCc2cccc(C#N)c2)cs1. The highest BCUT2D eigenvalue weighted by Gasteiger charge is 1.98. The van der Waals surface area contributed by atoms with Gasteiger partial charge in [0.05, 0.1) is 22.3 Å². The van der Waals surface area contributed by atoms with E-state index in [1.54, 1.807) is 11.3 Å². The van der Waals surface area contributed by atoms with E-state index in [9.17, 15) is 0 Å². The zero-order valence-electron chi connectivity index (χ0n) is 9.60. The van der Waals surface area contributed by atoms with Gasteiger partial charge in [-0.3, -0.25) is 0 Å². The van der Waals surface area contributed by atoms with Crippen LogP contribution in [0.25, 0.3) is 0 Å². The van der Waals surface area contributed by atoms with Gasteiger partial charge in [0.2, 0.25) is 0 Å². The average molecular weight is 243 g/mol. The number of rotatable bonds is 4. The molecule has 0 aliphatic heterocycles. The van der Waals surface area contributed by atoms with E-state index in [1.165, 1.54) is 0 Å². The first kappa shape index (κ1) is 11.8. The number of nitriles is 1. The Bertz CT molecular complexity index is 540. The zero-order valence-corrected chi connectivity index (χ0v) is 10.4. The van der Waals surface area contributed by atoms with Crippen LogP contribution in [-0.4, -0.2) is 4.98 Å². The standard InChI is InChI=1S/C13H13N3S/c1-10-16-13(9-17-10)8-15-7-12-4-2-3-11(5-12)6-14/h2-5,9,15H,7-8H2,1H3. The molecule has 4 heteroatoms. The maximum Gasteiger partial charge on any atom is 0.0991 e. The lowest BCUT2D eigenvalue weighted by atomic mass is 10.1. The highest BCUT2D eigenvalue weighted by atomic mass is 32.1. The van der Waals surface area contributed by atoms with Crippen LogP contribution < -0.4 is 5.32 Å². The van der Waals surface area contributed by atoms with Gasteiger partial charge in [-0.15, -0.1) is 11.3 Å². The number of nitrogens with one attached hydrogen (secondary N) is 1. The largest absolute Gasteiger partial charge is 0.307 e. The molecule has 0 bridgehead atoms. The summed E-state index contributed by atoms with van der Waals surface area (Å²) in [7, 11) is 0. The van der Waals surface area contributed by atoms with Crippen molar-refractivity contribution in [2.45, 2.75) is 20.0 Å². The molecule has 0 unspecified atom stereocenters. The lowest BCUT2D eigenvalue weighted by Crippen LogP contribution is -2.12. The van der Waals surface area contributed by atoms with E-state index >= 15 is 0 Å². The molecular formula is C13H13N3S. The van der Waals surface area contributed by atoms with E-state index < -0.39 is 0 Å². The zero-order chi connectivity index (χ0) is 12.1. The monoisotopic (exact) mass is 243 g/mol. The van der Waals surface area contributed by atoms with Crippen LogP contribution in [0.5, 0.6) is 0 Å². The number of thiazole rings is 1. The number of aryl methyl sites for hydroxylation is 1. The molecule has 0 aliphatic carbocycles. The molecule has 17 heavy (non-hydrogen) atoms. The van der Waals surface area contributed by atoms with Crippen molar-refractivity contribution in [3.05, 3.63) is 51.5 Å². The Morgan fingerprint density at radius 1 is 1.41 bits per heavy atom. The summed E-state index contributed by atoms with van der Waals surface area (Å²) < 4.78 is 0. The summed E-state index contributed by atoms with van der Waals surface area (Å²) >= 11 is 1.66. The van der Waals surface area contributed by atoms with Gasteiger partial charge in [0.25, 0.3) is 0 Å². The molecule has 2 aromatic rings. The van der Waals surface area contributed by atoms with Crippen LogP contribution >= 0.6 is 11.3 Å². The van der Waals surface area contributed by atoms with Crippen LogP contribution in [0.15, 0.2) is 29.6 Å². The average Bonchev–Trinajstić information content (AvgIpc) is 2.75. The summed E-state index contributed by atoms with van der Waals surface area (Å²) in [5, 5.41) is 15.3. The second-order valence-electron chi connectivity index (χ2n) is 3.77. The molecule has 1 N–H and O–H groups in total. The molecule has 0 radical (unpaired) electrons. The van der Waals surface area contributed by atoms with Crippen LogP contribution in [0.3, 0.4) is 0 Å². The predicted molar refractivity (Wildman–Crippen MR) is 68.6 cm³/mol. The molecule has 0 aliphatic rings. The Morgan fingerprint density at radius 3 is 3.00 bits per heavy atom. The molecule has 0 saturated carbocycles. The molecule has 3 nitrogen and oxygen atoms in total. The Balaban J connectivity index is 1.88. The quantitative estimate of drug-likeness (QED) is 0.898. The number of aromatic nitrogens is 1. The van der Waals surface area contributed by atoms with E-state index in [1.807, 2.05) is 31.2 Å². The number of hydrogen-bond donors (Lipinski definition) is 1. The highest BCUT2D eigenvalue weighted by Crippen LogP contribution is 2.08. The van der Waals surface area contributed by atoms with Crippen LogP contribution in [-0.2, 0) is 13.1 Å². The molecule has 1 heterocycles. The van der Waals surface area contributed by atoms with Gasteiger partial charge in [0.1, 0.15) is 0 Å². The Morgan fingerprint density at radius 2 is 2.29 bits per heavy atom. The summed E-state index contributed by atoms with van der Waals surface area (Å²) in [4.78, 5) is 4.38. The summed E-state index contributed by atoms with van der Waals surface area (Å²) in [5.41, 5.74) is 2.90. The summed E-state index contributed by atoms with van der Waals surface area (Å²) in [6, 6.07) is 9.77. The van der Waals surface area contributed by atoms with E-state index in [0.29, 0.717) is 5.56 Å².